The number of hydrogen-bond acceptors (Lipinski definition) is 6. The Morgan fingerprint density at radius 1 is 1.00 bits per heavy atom. The van der Waals surface area contributed by atoms with Crippen LogP contribution in [-0.2, 0) is 14.3 Å². The van der Waals surface area contributed by atoms with E-state index in [1.807, 2.05) is 12.1 Å². The fourth-order valence-corrected chi connectivity index (χ4v) is 4.01. The summed E-state index contributed by atoms with van der Waals surface area (Å²) in [5.74, 6) is -0.422. The summed E-state index contributed by atoms with van der Waals surface area (Å²) in [5.41, 5.74) is 1.46. The molecule has 2 amide bonds. The number of hydrogen-bond donors (Lipinski definition) is 0. The van der Waals surface area contributed by atoms with Crippen LogP contribution in [0.1, 0.15) is 30.3 Å². The molecule has 8 heteroatoms. The molecule has 0 bridgehead atoms. The van der Waals surface area contributed by atoms with E-state index >= 15 is 0 Å². The van der Waals surface area contributed by atoms with Gasteiger partial charge in [-0.3, -0.25) is 14.6 Å². The number of nitrogens with zero attached hydrogens (tertiary/aromatic N) is 4. The van der Waals surface area contributed by atoms with Crippen LogP contribution in [-0.4, -0.2) is 84.9 Å². The third kappa shape index (κ3) is 3.77. The monoisotopic (exact) mass is 374 g/mol. The molecule has 1 spiro atoms. The average Bonchev–Trinajstić information content (AvgIpc) is 3.16. The second kappa shape index (κ2) is 7.44. The molecule has 8 nitrogen and oxygen atoms in total. The van der Waals surface area contributed by atoms with Crippen molar-refractivity contribution < 1.29 is 19.1 Å². The quantitative estimate of drug-likeness (QED) is 0.760. The highest BCUT2D eigenvalue weighted by molar-refractivity contribution is 5.93. The fraction of sp³-hybridized carbons (Fsp3) is 0.632. The summed E-state index contributed by atoms with van der Waals surface area (Å²) < 4.78 is 11.6. The van der Waals surface area contributed by atoms with E-state index in [4.69, 9.17) is 9.47 Å². The standard InChI is InChI=1S/C19H26N4O4/c1-15(24)21-8-10-23(11-9-21)18(25)17-14-16(2-5-20-17)22-6-3-19(4-7-22)26-12-13-27-19/h2,5,14H,3-4,6-13H2,1H3. The van der Waals surface area contributed by atoms with Gasteiger partial charge in [0.05, 0.1) is 13.2 Å². The van der Waals surface area contributed by atoms with E-state index in [9.17, 15) is 9.59 Å². The van der Waals surface area contributed by atoms with Crippen LogP contribution in [0.15, 0.2) is 18.3 Å². The summed E-state index contributed by atoms with van der Waals surface area (Å²) in [7, 11) is 0. The molecular weight excluding hydrogens is 348 g/mol. The summed E-state index contributed by atoms with van der Waals surface area (Å²) in [6.07, 6.45) is 3.35. The lowest BCUT2D eigenvalue weighted by Crippen LogP contribution is -2.50. The Balaban J connectivity index is 1.39. The molecular formula is C19H26N4O4. The highest BCUT2D eigenvalue weighted by Crippen LogP contribution is 2.33. The summed E-state index contributed by atoms with van der Waals surface area (Å²) in [4.78, 5) is 34.3. The minimum atomic E-state index is -0.404. The molecule has 4 heterocycles. The zero-order valence-electron chi connectivity index (χ0n) is 15.7. The van der Waals surface area contributed by atoms with Gasteiger partial charge in [0.1, 0.15) is 5.69 Å². The minimum absolute atomic E-state index is 0.0558. The molecule has 146 valence electrons. The Labute approximate surface area is 159 Å². The van der Waals surface area contributed by atoms with E-state index in [0.29, 0.717) is 45.1 Å². The normalized spacial score (nSPS) is 22.3. The van der Waals surface area contributed by atoms with Crippen molar-refractivity contribution in [3.05, 3.63) is 24.0 Å². The molecule has 0 aliphatic carbocycles. The first-order chi connectivity index (χ1) is 13.1. The van der Waals surface area contributed by atoms with Crippen LogP contribution < -0.4 is 4.90 Å². The summed E-state index contributed by atoms with van der Waals surface area (Å²) >= 11 is 0. The van der Waals surface area contributed by atoms with Crippen LogP contribution in [0.25, 0.3) is 0 Å². The molecule has 4 rings (SSSR count). The number of rotatable bonds is 2. The number of piperazine rings is 1. The smallest absolute Gasteiger partial charge is 0.272 e. The molecule has 27 heavy (non-hydrogen) atoms. The molecule has 1 aromatic heterocycles. The zero-order valence-corrected chi connectivity index (χ0v) is 15.7. The number of ether oxygens (including phenoxy) is 2. The van der Waals surface area contributed by atoms with Gasteiger partial charge in [0.25, 0.3) is 5.91 Å². The molecule has 3 fully saturated rings. The predicted molar refractivity (Wildman–Crippen MR) is 98.5 cm³/mol. The Hall–Kier alpha value is -2.19. The van der Waals surface area contributed by atoms with Crippen LogP contribution in [0, 0.1) is 0 Å². The Kier molecular flexibility index (Phi) is 5.01. The first-order valence-corrected chi connectivity index (χ1v) is 9.60. The van der Waals surface area contributed by atoms with Crippen LogP contribution in [0.4, 0.5) is 5.69 Å². The lowest BCUT2D eigenvalue weighted by Gasteiger charge is -2.38. The highest BCUT2D eigenvalue weighted by atomic mass is 16.7. The number of carbonyl (C=O) groups is 2. The predicted octanol–water partition coefficient (Wildman–Crippen LogP) is 0.729. The van der Waals surface area contributed by atoms with E-state index in [1.165, 1.54) is 0 Å². The van der Waals surface area contributed by atoms with E-state index < -0.39 is 5.79 Å². The third-order valence-corrected chi connectivity index (χ3v) is 5.68. The Morgan fingerprint density at radius 3 is 2.26 bits per heavy atom. The maximum absolute atomic E-state index is 12.8. The lowest BCUT2D eigenvalue weighted by molar-refractivity contribution is -0.169. The van der Waals surface area contributed by atoms with Gasteiger partial charge in [-0.1, -0.05) is 0 Å². The van der Waals surface area contributed by atoms with Gasteiger partial charge in [-0.25, -0.2) is 0 Å². The largest absolute Gasteiger partial charge is 0.371 e. The van der Waals surface area contributed by atoms with Crippen LogP contribution >= 0.6 is 0 Å². The van der Waals surface area contributed by atoms with Crippen molar-refractivity contribution in [2.45, 2.75) is 25.6 Å². The maximum atomic E-state index is 12.8. The van der Waals surface area contributed by atoms with Gasteiger partial charge in [0, 0.05) is 70.9 Å². The van der Waals surface area contributed by atoms with E-state index in [1.54, 1.807) is 22.9 Å². The maximum Gasteiger partial charge on any atom is 0.272 e. The Bertz CT molecular complexity index is 701. The average molecular weight is 374 g/mol. The molecule has 0 unspecified atom stereocenters. The molecule has 3 saturated heterocycles. The van der Waals surface area contributed by atoms with E-state index in [-0.39, 0.29) is 11.8 Å². The minimum Gasteiger partial charge on any atom is -0.371 e. The molecule has 3 aliphatic heterocycles. The van der Waals surface area contributed by atoms with Crippen molar-refractivity contribution in [1.29, 1.82) is 0 Å². The summed E-state index contributed by atoms with van der Waals surface area (Å²) in [5, 5.41) is 0. The molecule has 0 N–H and O–H groups in total. The molecule has 0 atom stereocenters. The highest BCUT2D eigenvalue weighted by Gasteiger charge is 2.39. The SMILES string of the molecule is CC(=O)N1CCN(C(=O)c2cc(N3CCC4(CC3)OCCO4)ccn2)CC1. The second-order valence-electron chi connectivity index (χ2n) is 7.29. The van der Waals surface area contributed by atoms with Crippen molar-refractivity contribution in [1.82, 2.24) is 14.8 Å². The second-order valence-corrected chi connectivity index (χ2v) is 7.29. The zero-order chi connectivity index (χ0) is 18.9. The van der Waals surface area contributed by atoms with Crippen LogP contribution in [0.3, 0.4) is 0 Å². The van der Waals surface area contributed by atoms with Gasteiger partial charge < -0.3 is 24.2 Å². The van der Waals surface area contributed by atoms with Gasteiger partial charge in [0.15, 0.2) is 5.79 Å². The lowest BCUT2D eigenvalue weighted by atomic mass is 10.0. The molecule has 0 saturated carbocycles. The van der Waals surface area contributed by atoms with E-state index in [2.05, 4.69) is 9.88 Å². The fourth-order valence-electron chi connectivity index (χ4n) is 4.01. The summed E-state index contributed by atoms with van der Waals surface area (Å²) in [6, 6.07) is 3.81. The number of aromatic nitrogens is 1. The third-order valence-electron chi connectivity index (χ3n) is 5.68. The van der Waals surface area contributed by atoms with Crippen LogP contribution in [0.5, 0.6) is 0 Å². The molecule has 0 radical (unpaired) electrons. The van der Waals surface area contributed by atoms with Gasteiger partial charge >= 0.3 is 0 Å². The first kappa shape index (κ1) is 18.2. The van der Waals surface area contributed by atoms with E-state index in [0.717, 1.165) is 31.6 Å². The number of pyridine rings is 1. The van der Waals surface area contributed by atoms with Crippen LogP contribution in [0.2, 0.25) is 0 Å². The van der Waals surface area contributed by atoms with Crippen molar-refractivity contribution in [2.75, 3.05) is 57.4 Å². The Morgan fingerprint density at radius 2 is 1.63 bits per heavy atom. The van der Waals surface area contributed by atoms with Gasteiger partial charge in [-0.15, -0.1) is 0 Å². The van der Waals surface area contributed by atoms with Crippen molar-refractivity contribution in [3.63, 3.8) is 0 Å². The van der Waals surface area contributed by atoms with Crippen molar-refractivity contribution in [2.24, 2.45) is 0 Å². The van der Waals surface area contributed by atoms with Gasteiger partial charge in [0.2, 0.25) is 5.91 Å². The molecule has 0 aromatic carbocycles. The number of carbonyl (C=O) groups excluding carboxylic acids is 2. The van der Waals surface area contributed by atoms with Crippen molar-refractivity contribution >= 4 is 17.5 Å². The van der Waals surface area contributed by atoms with Gasteiger partial charge in [-0.2, -0.15) is 0 Å². The number of amides is 2. The number of piperidine rings is 1. The summed E-state index contributed by atoms with van der Waals surface area (Å²) in [6.45, 7) is 6.81. The van der Waals surface area contributed by atoms with Gasteiger partial charge in [-0.05, 0) is 12.1 Å². The van der Waals surface area contributed by atoms with Crippen molar-refractivity contribution in [3.8, 4) is 0 Å². The molecule has 3 aliphatic rings. The topological polar surface area (TPSA) is 75.2 Å². The molecule has 1 aromatic rings. The number of anilines is 1. The first-order valence-electron chi connectivity index (χ1n) is 9.60.